The molecule has 0 spiro atoms. The summed E-state index contributed by atoms with van der Waals surface area (Å²) in [7, 11) is 0. The molecule has 1 fully saturated rings. The number of hydrazine groups is 1. The van der Waals surface area contributed by atoms with Crippen molar-refractivity contribution in [3.8, 4) is 0 Å². The lowest BCUT2D eigenvalue weighted by Gasteiger charge is -2.22. The van der Waals surface area contributed by atoms with Crippen LogP contribution in [0, 0.1) is 0 Å². The SMILES string of the molecule is CC(=O)OCCCC(=O)NN1C(=O)NC(C)(c2ccccc2)C1=O. The summed E-state index contributed by atoms with van der Waals surface area (Å²) in [5.74, 6) is -1.50. The molecule has 0 aliphatic carbocycles. The van der Waals surface area contributed by atoms with Crippen LogP contribution in [0.5, 0.6) is 0 Å². The van der Waals surface area contributed by atoms with Crippen molar-refractivity contribution in [1.82, 2.24) is 15.8 Å². The van der Waals surface area contributed by atoms with Crippen LogP contribution in [0.4, 0.5) is 4.79 Å². The lowest BCUT2D eigenvalue weighted by Crippen LogP contribution is -2.47. The van der Waals surface area contributed by atoms with E-state index < -0.39 is 29.4 Å². The minimum atomic E-state index is -1.23. The van der Waals surface area contributed by atoms with E-state index in [1.54, 1.807) is 37.3 Å². The Hall–Kier alpha value is -2.90. The van der Waals surface area contributed by atoms with Gasteiger partial charge in [-0.3, -0.25) is 19.8 Å². The van der Waals surface area contributed by atoms with Gasteiger partial charge in [0.2, 0.25) is 5.91 Å². The fourth-order valence-corrected chi connectivity index (χ4v) is 2.34. The number of nitrogens with one attached hydrogen (secondary N) is 2. The Morgan fingerprint density at radius 1 is 1.25 bits per heavy atom. The molecule has 0 aromatic heterocycles. The number of esters is 1. The second-order valence-corrected chi connectivity index (χ2v) is 5.54. The van der Waals surface area contributed by atoms with Gasteiger partial charge in [-0.25, -0.2) is 4.79 Å². The van der Waals surface area contributed by atoms with Crippen LogP contribution in [0.2, 0.25) is 0 Å². The molecular formula is C16H19N3O5. The molecule has 8 nitrogen and oxygen atoms in total. The van der Waals surface area contributed by atoms with Gasteiger partial charge in [-0.05, 0) is 18.9 Å². The van der Waals surface area contributed by atoms with Crippen molar-refractivity contribution in [2.75, 3.05) is 6.61 Å². The molecular weight excluding hydrogens is 314 g/mol. The van der Waals surface area contributed by atoms with Crippen LogP contribution in [-0.2, 0) is 24.7 Å². The Balaban J connectivity index is 1.97. The maximum absolute atomic E-state index is 12.6. The third-order valence-corrected chi connectivity index (χ3v) is 3.63. The number of carbonyl (C=O) groups excluding carboxylic acids is 4. The molecule has 0 saturated carbocycles. The zero-order valence-corrected chi connectivity index (χ0v) is 13.5. The monoisotopic (exact) mass is 333 g/mol. The minimum absolute atomic E-state index is 0.0202. The first kappa shape index (κ1) is 17.5. The van der Waals surface area contributed by atoms with Crippen LogP contribution in [0.15, 0.2) is 30.3 Å². The fraction of sp³-hybridized carbons (Fsp3) is 0.375. The van der Waals surface area contributed by atoms with Gasteiger partial charge in [0, 0.05) is 13.3 Å². The van der Waals surface area contributed by atoms with Crippen LogP contribution in [0.25, 0.3) is 0 Å². The smallest absolute Gasteiger partial charge is 0.344 e. The quantitative estimate of drug-likeness (QED) is 0.456. The molecule has 1 aliphatic heterocycles. The molecule has 24 heavy (non-hydrogen) atoms. The third kappa shape index (κ3) is 3.70. The topological polar surface area (TPSA) is 105 Å². The standard InChI is InChI=1S/C16H19N3O5/c1-11(20)24-10-6-9-13(21)18-19-14(22)16(2,17-15(19)23)12-7-4-3-5-8-12/h3-5,7-8H,6,9-10H2,1-2H3,(H,17,23)(H,18,21). The summed E-state index contributed by atoms with van der Waals surface area (Å²) in [6.45, 7) is 2.96. The number of hydrogen-bond donors (Lipinski definition) is 2. The Labute approximate surface area is 139 Å². The Morgan fingerprint density at radius 3 is 2.54 bits per heavy atom. The Kier molecular flexibility index (Phi) is 5.18. The summed E-state index contributed by atoms with van der Waals surface area (Å²) in [5, 5.41) is 3.27. The lowest BCUT2D eigenvalue weighted by atomic mass is 9.92. The maximum Gasteiger partial charge on any atom is 0.344 e. The zero-order valence-electron chi connectivity index (χ0n) is 13.5. The minimum Gasteiger partial charge on any atom is -0.466 e. The number of amides is 4. The predicted molar refractivity (Wildman–Crippen MR) is 83.2 cm³/mol. The van der Waals surface area contributed by atoms with Crippen molar-refractivity contribution in [2.45, 2.75) is 32.2 Å². The van der Waals surface area contributed by atoms with E-state index in [0.717, 1.165) is 0 Å². The summed E-state index contributed by atoms with van der Waals surface area (Å²) in [5.41, 5.74) is 1.67. The Morgan fingerprint density at radius 2 is 1.92 bits per heavy atom. The van der Waals surface area contributed by atoms with Gasteiger partial charge in [-0.2, -0.15) is 5.01 Å². The first-order valence-corrected chi connectivity index (χ1v) is 7.49. The van der Waals surface area contributed by atoms with Crippen molar-refractivity contribution in [1.29, 1.82) is 0 Å². The van der Waals surface area contributed by atoms with E-state index in [1.165, 1.54) is 6.92 Å². The van der Waals surface area contributed by atoms with Crippen LogP contribution in [-0.4, -0.2) is 35.4 Å². The summed E-state index contributed by atoms with van der Waals surface area (Å²) in [6, 6.07) is 8.08. The van der Waals surface area contributed by atoms with E-state index in [1.807, 2.05) is 0 Å². The van der Waals surface area contributed by atoms with Crippen LogP contribution >= 0.6 is 0 Å². The van der Waals surface area contributed by atoms with Gasteiger partial charge in [0.1, 0.15) is 5.54 Å². The van der Waals surface area contributed by atoms with Crippen LogP contribution in [0.3, 0.4) is 0 Å². The van der Waals surface area contributed by atoms with Crippen molar-refractivity contribution in [3.05, 3.63) is 35.9 Å². The van der Waals surface area contributed by atoms with Crippen molar-refractivity contribution in [2.24, 2.45) is 0 Å². The average Bonchev–Trinajstić information content (AvgIpc) is 2.77. The normalized spacial score (nSPS) is 19.8. The zero-order chi connectivity index (χ0) is 17.7. The highest BCUT2D eigenvalue weighted by Gasteiger charge is 2.49. The van der Waals surface area contributed by atoms with Gasteiger partial charge in [-0.15, -0.1) is 0 Å². The van der Waals surface area contributed by atoms with E-state index >= 15 is 0 Å². The highest BCUT2D eigenvalue weighted by molar-refractivity contribution is 6.08. The molecule has 1 saturated heterocycles. The van der Waals surface area contributed by atoms with Crippen LogP contribution in [0.1, 0.15) is 32.3 Å². The fourth-order valence-electron chi connectivity index (χ4n) is 2.34. The second-order valence-electron chi connectivity index (χ2n) is 5.54. The number of urea groups is 1. The number of ether oxygens (including phenoxy) is 1. The summed E-state index contributed by atoms with van der Waals surface area (Å²) in [6.07, 6.45) is 0.317. The summed E-state index contributed by atoms with van der Waals surface area (Å²) >= 11 is 0. The van der Waals surface area contributed by atoms with Gasteiger partial charge in [0.25, 0.3) is 5.91 Å². The van der Waals surface area contributed by atoms with E-state index in [4.69, 9.17) is 4.74 Å². The molecule has 1 aliphatic rings. The molecule has 4 amide bonds. The van der Waals surface area contributed by atoms with E-state index in [0.29, 0.717) is 17.0 Å². The maximum atomic E-state index is 12.6. The first-order valence-electron chi connectivity index (χ1n) is 7.49. The third-order valence-electron chi connectivity index (χ3n) is 3.63. The van der Waals surface area contributed by atoms with Gasteiger partial charge < -0.3 is 10.1 Å². The van der Waals surface area contributed by atoms with Crippen molar-refractivity contribution < 1.29 is 23.9 Å². The molecule has 2 N–H and O–H groups in total. The molecule has 8 heteroatoms. The van der Waals surface area contributed by atoms with Crippen molar-refractivity contribution >= 4 is 23.8 Å². The molecule has 1 heterocycles. The molecule has 1 aromatic carbocycles. The molecule has 1 unspecified atom stereocenters. The highest BCUT2D eigenvalue weighted by atomic mass is 16.5. The van der Waals surface area contributed by atoms with Crippen molar-refractivity contribution in [3.63, 3.8) is 0 Å². The number of carbonyl (C=O) groups is 4. The molecule has 1 aromatic rings. The molecule has 0 radical (unpaired) electrons. The van der Waals surface area contributed by atoms with E-state index in [2.05, 4.69) is 10.7 Å². The number of hydrogen-bond acceptors (Lipinski definition) is 5. The predicted octanol–water partition coefficient (Wildman–Crippen LogP) is 0.828. The average molecular weight is 333 g/mol. The van der Waals surface area contributed by atoms with E-state index in [-0.39, 0.29) is 13.0 Å². The van der Waals surface area contributed by atoms with E-state index in [9.17, 15) is 19.2 Å². The van der Waals surface area contributed by atoms with Crippen LogP contribution < -0.4 is 10.7 Å². The number of imide groups is 1. The van der Waals surface area contributed by atoms with Gasteiger partial charge in [0.15, 0.2) is 0 Å². The summed E-state index contributed by atoms with van der Waals surface area (Å²) in [4.78, 5) is 47.1. The molecule has 0 bridgehead atoms. The number of rotatable bonds is 6. The number of nitrogens with zero attached hydrogens (tertiary/aromatic N) is 1. The van der Waals surface area contributed by atoms with Gasteiger partial charge in [-0.1, -0.05) is 30.3 Å². The second kappa shape index (κ2) is 7.12. The molecule has 128 valence electrons. The van der Waals surface area contributed by atoms with Gasteiger partial charge in [0.05, 0.1) is 6.61 Å². The summed E-state index contributed by atoms with van der Waals surface area (Å²) < 4.78 is 4.72. The van der Waals surface area contributed by atoms with Gasteiger partial charge >= 0.3 is 12.0 Å². The molecule has 2 rings (SSSR count). The number of benzene rings is 1. The molecule has 1 atom stereocenters. The Bertz CT molecular complexity index is 661. The lowest BCUT2D eigenvalue weighted by molar-refractivity contribution is -0.142. The largest absolute Gasteiger partial charge is 0.466 e. The first-order chi connectivity index (χ1) is 11.3. The highest BCUT2D eigenvalue weighted by Crippen LogP contribution is 2.27.